The van der Waals surface area contributed by atoms with Gasteiger partial charge in [0.15, 0.2) is 11.6 Å². The summed E-state index contributed by atoms with van der Waals surface area (Å²) in [6.45, 7) is 2.67. The molecule has 1 aliphatic heterocycles. The predicted octanol–water partition coefficient (Wildman–Crippen LogP) is 6.52. The van der Waals surface area contributed by atoms with Crippen LogP contribution >= 0.6 is 0 Å². The van der Waals surface area contributed by atoms with Crippen molar-refractivity contribution in [3.63, 3.8) is 0 Å². The number of methoxy groups -OCH3 is 3. The summed E-state index contributed by atoms with van der Waals surface area (Å²) in [5.41, 5.74) is 2.34. The van der Waals surface area contributed by atoms with Gasteiger partial charge < -0.3 is 34.3 Å². The molecule has 0 aliphatic carbocycles. The number of amides is 1. The van der Waals surface area contributed by atoms with Gasteiger partial charge >= 0.3 is 6.09 Å². The molecule has 3 aromatic carbocycles. The van der Waals surface area contributed by atoms with Crippen molar-refractivity contribution in [3.8, 4) is 17.2 Å². The first-order chi connectivity index (χ1) is 22.8. The molecule has 0 radical (unpaired) electrons. The minimum Gasteiger partial charge on any atom is -0.497 e. The first-order valence-electron chi connectivity index (χ1n) is 15.3. The van der Waals surface area contributed by atoms with Crippen molar-refractivity contribution < 1.29 is 33.2 Å². The maximum atomic E-state index is 15.1. The van der Waals surface area contributed by atoms with Crippen molar-refractivity contribution in [3.05, 3.63) is 95.4 Å². The fourth-order valence-electron chi connectivity index (χ4n) is 5.91. The van der Waals surface area contributed by atoms with Crippen LogP contribution in [-0.2, 0) is 11.3 Å². The Labute approximate surface area is 273 Å². The Hall–Kier alpha value is -4.94. The fraction of sp³-hybridized carbons (Fsp3) is 0.343. The number of halogens is 1. The van der Waals surface area contributed by atoms with Crippen molar-refractivity contribution in [1.82, 2.24) is 14.9 Å². The molecule has 1 aromatic heterocycles. The summed E-state index contributed by atoms with van der Waals surface area (Å²) in [4.78, 5) is 25.4. The van der Waals surface area contributed by atoms with Gasteiger partial charge in [0, 0.05) is 43.1 Å². The summed E-state index contributed by atoms with van der Waals surface area (Å²) in [5, 5.41) is 13.7. The van der Waals surface area contributed by atoms with Crippen LogP contribution in [0.1, 0.15) is 35.6 Å². The molecule has 2 atom stereocenters. The van der Waals surface area contributed by atoms with Gasteiger partial charge in [-0.2, -0.15) is 4.98 Å². The average Bonchev–Trinajstić information content (AvgIpc) is 3.07. The molecule has 11 nitrogen and oxygen atoms in total. The summed E-state index contributed by atoms with van der Waals surface area (Å²) >= 11 is 0. The highest BCUT2D eigenvalue weighted by molar-refractivity contribution is 5.87. The van der Waals surface area contributed by atoms with E-state index in [9.17, 15) is 9.90 Å². The molecule has 0 spiro atoms. The number of rotatable bonds is 13. The van der Waals surface area contributed by atoms with Gasteiger partial charge in [0.25, 0.3) is 0 Å². The van der Waals surface area contributed by atoms with Gasteiger partial charge in [0.2, 0.25) is 5.95 Å². The monoisotopic (exact) mass is 645 g/mol. The average molecular weight is 646 g/mol. The number of benzene rings is 3. The predicted molar refractivity (Wildman–Crippen MR) is 176 cm³/mol. The third kappa shape index (κ3) is 8.08. The molecular weight excluding hydrogens is 605 g/mol. The van der Waals surface area contributed by atoms with Gasteiger partial charge in [-0.05, 0) is 74.0 Å². The molecule has 12 heteroatoms. The van der Waals surface area contributed by atoms with Crippen molar-refractivity contribution >= 4 is 23.5 Å². The third-order valence-electron chi connectivity index (χ3n) is 8.12. The highest BCUT2D eigenvalue weighted by Crippen LogP contribution is 2.40. The van der Waals surface area contributed by atoms with E-state index >= 15 is 4.39 Å². The zero-order valence-electron chi connectivity index (χ0n) is 27.0. The lowest BCUT2D eigenvalue weighted by Crippen LogP contribution is -2.36. The smallest absolute Gasteiger partial charge is 0.413 e. The van der Waals surface area contributed by atoms with Gasteiger partial charge in [-0.3, -0.25) is 0 Å². The van der Waals surface area contributed by atoms with E-state index in [1.807, 2.05) is 24.3 Å². The van der Waals surface area contributed by atoms with Crippen LogP contribution in [0.2, 0.25) is 0 Å². The lowest BCUT2D eigenvalue weighted by molar-refractivity contribution is 0.147. The summed E-state index contributed by atoms with van der Waals surface area (Å²) < 4.78 is 37.5. The number of aromatic nitrogens is 2. The standard InChI is InChI=1S/C35H40FN5O6/c1-40-17-7-8-23(20-40)21-47-31-13-11-25(18-29(31)36)38-34-37-16-15-32(39-34)41(35(42)43)33(27-10-6-5-9-24(27)22-44-2)28-19-26(45-3)12-14-30(28)46-4/h5-6,9-16,18-19,23,33H,7-8,17,20-22H2,1-4H3,(H,42,43)(H,37,38,39). The second kappa shape index (κ2) is 15.6. The minimum absolute atomic E-state index is 0.0774. The topological polar surface area (TPSA) is 119 Å². The second-order valence-corrected chi connectivity index (χ2v) is 11.4. The van der Waals surface area contributed by atoms with E-state index in [0.717, 1.165) is 36.4 Å². The van der Waals surface area contributed by atoms with E-state index in [1.54, 1.807) is 37.4 Å². The van der Waals surface area contributed by atoms with Gasteiger partial charge in [0.05, 0.1) is 33.5 Å². The van der Waals surface area contributed by atoms with Crippen LogP contribution in [0, 0.1) is 11.7 Å². The van der Waals surface area contributed by atoms with E-state index in [4.69, 9.17) is 18.9 Å². The van der Waals surface area contributed by atoms with Crippen molar-refractivity contribution in [2.45, 2.75) is 25.5 Å². The number of hydrogen-bond acceptors (Lipinski definition) is 9. The second-order valence-electron chi connectivity index (χ2n) is 11.4. The largest absolute Gasteiger partial charge is 0.497 e. The molecule has 47 heavy (non-hydrogen) atoms. The highest BCUT2D eigenvalue weighted by Gasteiger charge is 2.33. The molecule has 4 aromatic rings. The van der Waals surface area contributed by atoms with Gasteiger partial charge in [-0.15, -0.1) is 0 Å². The molecule has 1 amide bonds. The van der Waals surface area contributed by atoms with Crippen LogP contribution in [0.15, 0.2) is 72.9 Å². The molecule has 0 saturated carbocycles. The first-order valence-corrected chi connectivity index (χ1v) is 15.3. The zero-order valence-corrected chi connectivity index (χ0v) is 27.0. The molecule has 2 heterocycles. The van der Waals surface area contributed by atoms with Crippen LogP contribution in [0.5, 0.6) is 17.2 Å². The fourth-order valence-corrected chi connectivity index (χ4v) is 5.91. The van der Waals surface area contributed by atoms with Crippen LogP contribution in [-0.4, -0.2) is 74.1 Å². The quantitative estimate of drug-likeness (QED) is 0.166. The van der Waals surface area contributed by atoms with Crippen LogP contribution < -0.4 is 24.4 Å². The molecular formula is C35H40FN5O6. The third-order valence-corrected chi connectivity index (χ3v) is 8.12. The Morgan fingerprint density at radius 1 is 1.06 bits per heavy atom. The number of anilines is 3. The van der Waals surface area contributed by atoms with Crippen molar-refractivity contribution in [1.29, 1.82) is 0 Å². The summed E-state index contributed by atoms with van der Waals surface area (Å²) in [6, 6.07) is 17.7. The number of nitrogens with one attached hydrogen (secondary N) is 1. The van der Waals surface area contributed by atoms with Gasteiger partial charge in [0.1, 0.15) is 17.3 Å². The lowest BCUT2D eigenvalue weighted by Gasteiger charge is -2.32. The first kappa shape index (κ1) is 33.4. The number of carbonyl (C=O) groups is 1. The van der Waals surface area contributed by atoms with Crippen molar-refractivity contribution in [2.75, 3.05) is 58.3 Å². The van der Waals surface area contributed by atoms with E-state index in [-0.39, 0.29) is 24.1 Å². The Kier molecular flexibility index (Phi) is 11.1. The maximum Gasteiger partial charge on any atom is 0.413 e. The Balaban J connectivity index is 1.47. The molecule has 0 bridgehead atoms. The molecule has 5 rings (SSSR count). The van der Waals surface area contributed by atoms with Crippen LogP contribution in [0.25, 0.3) is 0 Å². The number of likely N-dealkylation sites (tertiary alicyclic amines) is 1. The summed E-state index contributed by atoms with van der Waals surface area (Å²) in [6.07, 6.45) is 2.32. The minimum atomic E-state index is -1.27. The Bertz CT molecular complexity index is 1670. The van der Waals surface area contributed by atoms with E-state index in [0.29, 0.717) is 40.8 Å². The Morgan fingerprint density at radius 2 is 1.87 bits per heavy atom. The van der Waals surface area contributed by atoms with Crippen LogP contribution in [0.3, 0.4) is 0 Å². The SMILES string of the molecule is COCc1ccccc1C(c1cc(OC)ccc1OC)N(C(=O)O)c1ccnc(Nc2ccc(OCC3CCCN(C)C3)c(F)c2)n1. The number of hydrogen-bond donors (Lipinski definition) is 2. The van der Waals surface area contributed by atoms with Crippen molar-refractivity contribution in [2.24, 2.45) is 5.92 Å². The highest BCUT2D eigenvalue weighted by atomic mass is 19.1. The van der Waals surface area contributed by atoms with E-state index in [1.165, 1.54) is 32.5 Å². The van der Waals surface area contributed by atoms with Gasteiger partial charge in [-0.1, -0.05) is 24.3 Å². The number of ether oxygens (including phenoxy) is 4. The number of carboxylic acid groups (broad SMARTS) is 1. The molecule has 1 aliphatic rings. The number of piperidine rings is 1. The zero-order chi connectivity index (χ0) is 33.3. The molecule has 2 unspecified atom stereocenters. The summed E-state index contributed by atoms with van der Waals surface area (Å²) in [7, 11) is 6.71. The van der Waals surface area contributed by atoms with E-state index < -0.39 is 18.0 Å². The van der Waals surface area contributed by atoms with Crippen LogP contribution in [0.4, 0.5) is 26.6 Å². The summed E-state index contributed by atoms with van der Waals surface area (Å²) in [5.74, 6) is 1.12. The molecule has 1 fully saturated rings. The maximum absolute atomic E-state index is 15.1. The molecule has 248 valence electrons. The number of nitrogens with zero attached hydrogens (tertiary/aromatic N) is 4. The Morgan fingerprint density at radius 3 is 2.60 bits per heavy atom. The normalized spacial score (nSPS) is 15.5. The lowest BCUT2D eigenvalue weighted by atomic mass is 9.92. The molecule has 2 N–H and O–H groups in total. The molecule has 1 saturated heterocycles. The van der Waals surface area contributed by atoms with Gasteiger partial charge in [-0.25, -0.2) is 19.1 Å². The van der Waals surface area contributed by atoms with E-state index in [2.05, 4.69) is 27.2 Å².